The summed E-state index contributed by atoms with van der Waals surface area (Å²) >= 11 is 3.47. The average Bonchev–Trinajstić information content (AvgIpc) is 1.50. The quantitative estimate of drug-likeness (QED) is 0.0362. The number of piperidine rings is 3. The first-order valence-electron chi connectivity index (χ1n) is 45.6. The maximum Gasteiger partial charge on any atom is 1.00 e. The van der Waals surface area contributed by atoms with Gasteiger partial charge in [0.1, 0.15) is 22.1 Å². The predicted octanol–water partition coefficient (Wildman–Crippen LogP) is 14.9. The number of rotatable bonds is 22. The second-order valence-corrected chi connectivity index (χ2v) is 40.8. The number of halogens is 1. The Hall–Kier alpha value is -10.2. The van der Waals surface area contributed by atoms with Crippen molar-refractivity contribution in [1.29, 1.82) is 0 Å². The average molecular weight is 1870 g/mol. The zero-order valence-electron chi connectivity index (χ0n) is 81.8. The second kappa shape index (κ2) is 44.8. The van der Waals surface area contributed by atoms with Gasteiger partial charge in [-0.3, -0.25) is 5.10 Å². The number of carboxylic acids is 1. The molecule has 4 fully saturated rings. The van der Waals surface area contributed by atoms with Crippen LogP contribution in [0.4, 0.5) is 17.5 Å². The number of methoxy groups -OCH3 is 2. The molecule has 12 aromatic rings. The third-order valence-electron chi connectivity index (χ3n) is 24.4. The minimum Gasteiger partial charge on any atom is -0.870 e. The first kappa shape index (κ1) is 104. The van der Waals surface area contributed by atoms with Gasteiger partial charge in [-0.05, 0) is 214 Å². The van der Waals surface area contributed by atoms with Crippen LogP contribution >= 0.6 is 15.9 Å². The van der Waals surface area contributed by atoms with Gasteiger partial charge in [0.15, 0.2) is 46.9 Å². The number of benzene rings is 3. The summed E-state index contributed by atoms with van der Waals surface area (Å²) in [5, 5.41) is 47.4. The van der Waals surface area contributed by atoms with E-state index in [1.54, 1.807) is 13.9 Å². The molecule has 3 saturated heterocycles. The number of hydrogen-bond acceptors (Lipinski definition) is 23. The van der Waals surface area contributed by atoms with Crippen molar-refractivity contribution in [2.75, 3.05) is 82.3 Å². The molecule has 0 bridgehead atoms. The molecule has 3 aliphatic heterocycles. The molecule has 0 spiro atoms. The van der Waals surface area contributed by atoms with Gasteiger partial charge in [-0.25, -0.2) is 38.7 Å². The number of aromatic amines is 1. The molecule has 4 aliphatic rings. The number of carboxylic acid groups (broad SMARTS) is 1. The Labute approximate surface area is 798 Å². The van der Waals surface area contributed by atoms with E-state index >= 15 is 0 Å². The smallest absolute Gasteiger partial charge is 0.870 e. The van der Waals surface area contributed by atoms with Gasteiger partial charge in [0.2, 0.25) is 0 Å². The molecule has 5 atom stereocenters. The monoisotopic (exact) mass is 1870 g/mol. The number of carbonyl (C=O) groups excluding carboxylic acids is 2. The summed E-state index contributed by atoms with van der Waals surface area (Å²) in [6.07, 6.45) is 22.6. The minimum absolute atomic E-state index is 0. The zero-order valence-corrected chi connectivity index (χ0v) is 83.4. The number of aryl methyl sites for hydroxylation is 3. The van der Waals surface area contributed by atoms with Gasteiger partial charge in [0, 0.05) is 124 Å². The van der Waals surface area contributed by atoms with Crippen LogP contribution in [0.2, 0.25) is 0 Å². The Morgan fingerprint density at radius 1 is 0.477 bits per heavy atom. The fraction of sp³-hybridized carbons (Fsp3) is 0.520. The van der Waals surface area contributed by atoms with Gasteiger partial charge >= 0.3 is 36.8 Å². The van der Waals surface area contributed by atoms with E-state index in [0.717, 1.165) is 143 Å². The molecule has 12 heterocycles. The van der Waals surface area contributed by atoms with Gasteiger partial charge in [-0.2, -0.15) is 33.9 Å². The number of nitrogens with one attached hydrogen (secondary N) is 3. The zero-order chi connectivity index (χ0) is 93.8. The van der Waals surface area contributed by atoms with Gasteiger partial charge in [0.05, 0.1) is 66.3 Å². The van der Waals surface area contributed by atoms with Crippen LogP contribution in [-0.4, -0.2) is 199 Å². The summed E-state index contributed by atoms with van der Waals surface area (Å²) in [6.45, 7) is 41.6. The summed E-state index contributed by atoms with van der Waals surface area (Å²) in [6, 6.07) is 38.1. The molecule has 706 valence electrons. The van der Waals surface area contributed by atoms with E-state index < -0.39 is 53.0 Å². The third kappa shape index (κ3) is 27.3. The largest absolute Gasteiger partial charge is 1.00 e. The minimum atomic E-state index is -1.18. The maximum atomic E-state index is 13.2. The Morgan fingerprint density at radius 2 is 0.795 bits per heavy atom. The molecular weight excluding hydrogens is 1730 g/mol. The van der Waals surface area contributed by atoms with Gasteiger partial charge in [-0.1, -0.05) is 145 Å². The number of aliphatic carboxylic acids is 1. The van der Waals surface area contributed by atoms with Crippen molar-refractivity contribution in [3.8, 4) is 11.6 Å². The number of nitrogens with zero attached hydrogens (tertiary/aromatic N) is 17. The number of H-pyrrole nitrogens is 1. The van der Waals surface area contributed by atoms with Crippen molar-refractivity contribution < 1.29 is 67.5 Å². The van der Waals surface area contributed by atoms with Gasteiger partial charge in [0.25, 0.3) is 0 Å². The number of ether oxygens (including phenoxy) is 5. The molecule has 9 aromatic heterocycles. The molecule has 0 unspecified atom stereocenters. The molecule has 132 heavy (non-hydrogen) atoms. The van der Waals surface area contributed by atoms with Crippen LogP contribution in [0.25, 0.3) is 28.6 Å². The molecule has 0 amide bonds. The normalized spacial score (nSPS) is 17.3. The van der Waals surface area contributed by atoms with Crippen molar-refractivity contribution in [2.24, 2.45) is 16.2 Å². The van der Waals surface area contributed by atoms with Crippen LogP contribution in [0.5, 0.6) is 0 Å². The van der Waals surface area contributed by atoms with Crippen molar-refractivity contribution in [1.82, 2.24) is 84.2 Å². The maximum absolute atomic E-state index is 13.2. The molecule has 3 aromatic carbocycles. The number of carbonyl (C=O) groups is 3. The molecule has 1 saturated carbocycles. The van der Waals surface area contributed by atoms with Gasteiger partial charge in [-0.15, -0.1) is 10.2 Å². The van der Waals surface area contributed by atoms with Crippen LogP contribution in [0.15, 0.2) is 151 Å². The fourth-order valence-electron chi connectivity index (χ4n) is 17.1. The van der Waals surface area contributed by atoms with Gasteiger partial charge < -0.3 is 59.6 Å². The number of hydrogen-bond donors (Lipinski definition) is 4. The van der Waals surface area contributed by atoms with Crippen molar-refractivity contribution in [2.45, 2.75) is 255 Å². The molecule has 32 heteroatoms. The predicted molar refractivity (Wildman–Crippen MR) is 516 cm³/mol. The molecule has 0 radical (unpaired) electrons. The van der Waals surface area contributed by atoms with Crippen molar-refractivity contribution in [3.05, 3.63) is 218 Å². The third-order valence-corrected chi connectivity index (χ3v) is 24.8. The van der Waals surface area contributed by atoms with E-state index in [0.29, 0.717) is 67.5 Å². The number of fused-ring (bicyclic) bond motifs is 3. The summed E-state index contributed by atoms with van der Waals surface area (Å²) in [5.74, 6) is 1.75. The summed E-state index contributed by atoms with van der Waals surface area (Å²) in [7, 11) is 6.89. The topological polar surface area (TPSA) is 336 Å². The first-order chi connectivity index (χ1) is 61.6. The number of anilines is 3. The molecule has 1 aliphatic carbocycles. The molecule has 16 rings (SSSR count). The fourth-order valence-corrected chi connectivity index (χ4v) is 17.5. The second-order valence-electron chi connectivity index (χ2n) is 40.0. The molecular formula is C100H138BrLiN20O10. The number of likely N-dealkylation sites (N-methyl/N-ethyl adjacent to an activating group) is 2. The molecule has 5 N–H and O–H groups in total. The SMILES string of the molecule is CN[C@@H]1CCCC[C@H]1NC.COC(=O)[C@@H](OC(C)(C)C)c1c(C)nc2cc(-n3cc(Cc4ccccc4)cn3)nn2c1N1CCC(C)(C)CC1.COC(=O)[C@@H](OC(C)(C)C)c1c(C)nc2cc(Br)nn2c1N1CCC(C)(C)CC1.Cc1nc2cc(-n3cc(Cc4ccccc4)cn3)nn2c(N2CCC(C)(C)CC2)c1[C@H](OC(C)(C)C)C(=O)O.[Li+].[OH-].c1ccc(Cc2cn[nH]c2)cc1. The van der Waals surface area contributed by atoms with E-state index in [4.69, 9.17) is 48.8 Å². The summed E-state index contributed by atoms with van der Waals surface area (Å²) < 4.78 is 38.6. The van der Waals surface area contributed by atoms with E-state index in [2.05, 4.69) is 171 Å². The Bertz CT molecular complexity index is 5710. The molecule has 30 nitrogen and oxygen atoms in total. The Balaban J connectivity index is 0.000000184. The number of aromatic nitrogens is 15. The van der Waals surface area contributed by atoms with E-state index in [-0.39, 0.29) is 35.2 Å². The first-order valence-corrected chi connectivity index (χ1v) is 46.4. The Kier molecular flexibility index (Phi) is 35.2. The summed E-state index contributed by atoms with van der Waals surface area (Å²) in [5.41, 5.74) is 12.2. The Morgan fingerprint density at radius 3 is 1.11 bits per heavy atom. The van der Waals surface area contributed by atoms with Crippen molar-refractivity contribution >= 4 is 68.2 Å². The van der Waals surface area contributed by atoms with Crippen LogP contribution in [0, 0.1) is 37.0 Å². The van der Waals surface area contributed by atoms with Crippen LogP contribution in [0.3, 0.4) is 0 Å². The number of esters is 2. The van der Waals surface area contributed by atoms with Crippen LogP contribution in [0.1, 0.15) is 254 Å². The van der Waals surface area contributed by atoms with E-state index in [1.165, 1.54) is 62.2 Å². The van der Waals surface area contributed by atoms with E-state index in [9.17, 15) is 19.5 Å². The van der Waals surface area contributed by atoms with E-state index in [1.807, 2.05) is 190 Å². The van der Waals surface area contributed by atoms with Crippen molar-refractivity contribution in [3.63, 3.8) is 0 Å². The standard InChI is InChI=1S/C31H40N6O3.C30H38N6O3.C21H31BrN4O3.C10H10N2.C8H18N2.Li.H2O/c1-21-26(27(29(38)39-7)40-30(2,3)4)28(35-15-13-31(5,6)14-16-35)37-24(33-21)18-25(34-37)36-20-23(19-32-36)17-22-11-9-8-10-12-22;1-20-25(26(28(37)38)39-29(2,3)4)27(34-14-12-30(5,6)13-15-34)36-23(32-20)17-24(33-36)35-19-22(18-31-35)16-21-10-8-7-9-11-21;1-13-16(17(19(27)28-7)29-20(2,3)4)18(25-10-8-21(5,6)9-11-25)26-15(23-13)12-14(22)24-26;1-2-4-9(5-3-1)6-10-7-11-12-8-10;1-9-7-5-3-4-6-8(7)10-2;;/h8-12,18-20,27H,13-17H2,1-7H3;7-11,17-19,26H,12-16H2,1-6H3,(H,37,38);12,17H,8-11H2,1-7H3;1-5,7-8H,6H2,(H,11,12);7-10H,3-6H2,1-2H3;;1H2/q;;;;;+1;/p-1/t27-;26-;17-;;7-,8-;;/m000.1../s1. The summed E-state index contributed by atoms with van der Waals surface area (Å²) in [4.78, 5) is 59.8. The van der Waals surface area contributed by atoms with Crippen LogP contribution < -0.4 is 44.2 Å². The van der Waals surface area contributed by atoms with Crippen LogP contribution in [-0.2, 0) is 57.3 Å².